The number of rotatable bonds is 4. The summed E-state index contributed by atoms with van der Waals surface area (Å²) in [4.78, 5) is 8.92. The maximum absolute atomic E-state index is 7.43. The number of hydrogen-bond donors (Lipinski definition) is 2. The monoisotopic (exact) mass is 332 g/mol. The summed E-state index contributed by atoms with van der Waals surface area (Å²) < 4.78 is 0. The van der Waals surface area contributed by atoms with Crippen LogP contribution >= 0.6 is 0 Å². The van der Waals surface area contributed by atoms with Gasteiger partial charge in [0.2, 0.25) is 0 Å². The number of benzene rings is 2. The molecule has 3 aromatic rings. The van der Waals surface area contributed by atoms with E-state index >= 15 is 0 Å². The first kappa shape index (κ1) is 17.1. The van der Waals surface area contributed by atoms with Crippen LogP contribution < -0.4 is 5.73 Å². The van der Waals surface area contributed by atoms with E-state index in [-0.39, 0.29) is 11.3 Å². The summed E-state index contributed by atoms with van der Waals surface area (Å²) in [6, 6.07) is 14.9. The average molecular weight is 332 g/mol. The molecule has 0 unspecified atom stereocenters. The number of fused-ring (bicyclic) bond motifs is 1. The van der Waals surface area contributed by atoms with Gasteiger partial charge in [0, 0.05) is 17.4 Å². The van der Waals surface area contributed by atoms with Gasteiger partial charge in [0.05, 0.1) is 17.0 Å². The summed E-state index contributed by atoms with van der Waals surface area (Å²) in [5, 5.41) is 8.46. The Bertz CT molecular complexity index is 905. The predicted molar refractivity (Wildman–Crippen MR) is 104 cm³/mol. The van der Waals surface area contributed by atoms with Gasteiger partial charge in [-0.15, -0.1) is 0 Å². The Morgan fingerprint density at radius 3 is 2.40 bits per heavy atom. The van der Waals surface area contributed by atoms with Crippen LogP contribution in [0.3, 0.4) is 0 Å². The van der Waals surface area contributed by atoms with Crippen LogP contribution in [0, 0.1) is 5.41 Å². The zero-order valence-corrected chi connectivity index (χ0v) is 15.0. The highest BCUT2D eigenvalue weighted by Gasteiger charge is 2.14. The Labute approximate surface area is 148 Å². The molecule has 25 heavy (non-hydrogen) atoms. The van der Waals surface area contributed by atoms with E-state index in [1.807, 2.05) is 12.1 Å². The van der Waals surface area contributed by atoms with Crippen LogP contribution in [0.5, 0.6) is 0 Å². The van der Waals surface area contributed by atoms with Gasteiger partial charge < -0.3 is 5.73 Å². The minimum Gasteiger partial charge on any atom is -0.388 e. The lowest BCUT2D eigenvalue weighted by molar-refractivity contribution is 0.590. The second kappa shape index (κ2) is 6.63. The number of aryl methyl sites for hydroxylation is 1. The van der Waals surface area contributed by atoms with E-state index in [2.05, 4.69) is 61.1 Å². The highest BCUT2D eigenvalue weighted by molar-refractivity contribution is 5.94. The van der Waals surface area contributed by atoms with Gasteiger partial charge in [-0.3, -0.25) is 5.41 Å². The van der Waals surface area contributed by atoms with E-state index < -0.39 is 0 Å². The van der Waals surface area contributed by atoms with Crippen LogP contribution in [0.2, 0.25) is 0 Å². The van der Waals surface area contributed by atoms with Crippen LogP contribution in [0.15, 0.2) is 48.8 Å². The number of nitrogens with zero attached hydrogens (tertiary/aromatic N) is 2. The van der Waals surface area contributed by atoms with Gasteiger partial charge in [-0.2, -0.15) is 0 Å². The van der Waals surface area contributed by atoms with Crippen molar-refractivity contribution >= 4 is 16.7 Å². The van der Waals surface area contributed by atoms with Gasteiger partial charge in [0.25, 0.3) is 0 Å². The molecule has 0 saturated carbocycles. The van der Waals surface area contributed by atoms with E-state index in [1.165, 1.54) is 5.56 Å². The third-order valence-corrected chi connectivity index (χ3v) is 4.44. The molecule has 0 aliphatic heterocycles. The molecule has 1 heterocycles. The summed E-state index contributed by atoms with van der Waals surface area (Å²) >= 11 is 0. The Morgan fingerprint density at radius 1 is 1.04 bits per heavy atom. The Kier molecular flexibility index (Phi) is 4.53. The smallest absolute Gasteiger partial charge is 0.116 e. The maximum atomic E-state index is 7.43. The summed E-state index contributed by atoms with van der Waals surface area (Å²) in [5.41, 5.74) is 11.1. The van der Waals surface area contributed by atoms with Crippen molar-refractivity contribution in [2.45, 2.75) is 39.0 Å². The Hall–Kier alpha value is -2.75. The lowest BCUT2D eigenvalue weighted by atomic mass is 9.86. The van der Waals surface area contributed by atoms with Crippen LogP contribution in [0.4, 0.5) is 0 Å². The number of para-hydroxylation sites is 1. The minimum absolute atomic E-state index is 0.138. The number of nitrogens with two attached hydrogens (primary N) is 1. The zero-order chi connectivity index (χ0) is 18.0. The van der Waals surface area contributed by atoms with Crippen molar-refractivity contribution in [3.05, 3.63) is 60.0 Å². The number of amidine groups is 1. The second-order valence-electron chi connectivity index (χ2n) is 7.37. The molecule has 128 valence electrons. The zero-order valence-electron chi connectivity index (χ0n) is 15.0. The number of aromatic nitrogens is 2. The van der Waals surface area contributed by atoms with E-state index in [4.69, 9.17) is 11.1 Å². The van der Waals surface area contributed by atoms with Gasteiger partial charge in [-0.05, 0) is 23.0 Å². The number of nitrogens with one attached hydrogen (secondary N) is 1. The predicted octanol–water partition coefficient (Wildman–Crippen LogP) is 4.46. The molecule has 1 aromatic heterocycles. The van der Waals surface area contributed by atoms with Gasteiger partial charge in [0.15, 0.2) is 0 Å². The van der Waals surface area contributed by atoms with Crippen molar-refractivity contribution in [3.63, 3.8) is 0 Å². The molecule has 0 bridgehead atoms. The van der Waals surface area contributed by atoms with E-state index in [1.54, 1.807) is 6.33 Å². The van der Waals surface area contributed by atoms with Gasteiger partial charge in [-0.25, -0.2) is 9.97 Å². The fourth-order valence-electron chi connectivity index (χ4n) is 2.98. The third kappa shape index (κ3) is 3.68. The fraction of sp³-hybridized carbons (Fsp3) is 0.286. The maximum Gasteiger partial charge on any atom is 0.116 e. The lowest BCUT2D eigenvalue weighted by Crippen LogP contribution is -2.11. The van der Waals surface area contributed by atoms with Crippen LogP contribution in [-0.4, -0.2) is 15.8 Å². The topological polar surface area (TPSA) is 75.7 Å². The van der Waals surface area contributed by atoms with Crippen molar-refractivity contribution in [3.8, 4) is 11.1 Å². The largest absolute Gasteiger partial charge is 0.388 e. The normalized spacial score (nSPS) is 11.6. The molecule has 0 spiro atoms. The highest BCUT2D eigenvalue weighted by atomic mass is 14.8. The molecule has 4 nitrogen and oxygen atoms in total. The summed E-state index contributed by atoms with van der Waals surface area (Å²) in [6.07, 6.45) is 2.77. The molecule has 0 fully saturated rings. The van der Waals surface area contributed by atoms with Gasteiger partial charge in [-0.1, -0.05) is 63.2 Å². The molecule has 0 aliphatic rings. The van der Waals surface area contributed by atoms with Gasteiger partial charge >= 0.3 is 0 Å². The van der Waals surface area contributed by atoms with Crippen LogP contribution in [-0.2, 0) is 11.8 Å². The molecule has 0 amide bonds. The first-order chi connectivity index (χ1) is 11.9. The Morgan fingerprint density at radius 2 is 1.76 bits per heavy atom. The van der Waals surface area contributed by atoms with Crippen molar-refractivity contribution in [2.24, 2.45) is 5.73 Å². The molecule has 0 atom stereocenters. The first-order valence-electron chi connectivity index (χ1n) is 8.52. The van der Waals surface area contributed by atoms with Crippen molar-refractivity contribution in [1.82, 2.24) is 9.97 Å². The molecule has 3 rings (SSSR count). The van der Waals surface area contributed by atoms with Crippen LogP contribution in [0.25, 0.3) is 22.0 Å². The lowest BCUT2D eigenvalue weighted by Gasteiger charge is -2.19. The van der Waals surface area contributed by atoms with Gasteiger partial charge in [0.1, 0.15) is 6.33 Å². The molecular formula is C21H24N4. The van der Waals surface area contributed by atoms with Crippen molar-refractivity contribution in [2.75, 3.05) is 0 Å². The second-order valence-corrected chi connectivity index (χ2v) is 7.37. The van der Waals surface area contributed by atoms with E-state index in [0.29, 0.717) is 12.8 Å². The first-order valence-corrected chi connectivity index (χ1v) is 8.52. The standard InChI is InChI=1S/C21H24N4/c1-21(2,3)15-9-7-14(8-10-15)16-5-4-6-17-18(11-12-19(22)23)24-13-25-20(16)17/h4-10,13H,11-12H2,1-3H3,(H3,22,23). The molecule has 0 aliphatic carbocycles. The van der Waals surface area contributed by atoms with E-state index in [0.717, 1.165) is 27.7 Å². The summed E-state index contributed by atoms with van der Waals surface area (Å²) in [6.45, 7) is 6.65. The molecule has 3 N–H and O–H groups in total. The number of hydrogen-bond acceptors (Lipinski definition) is 3. The molecular weight excluding hydrogens is 308 g/mol. The summed E-state index contributed by atoms with van der Waals surface area (Å²) in [7, 11) is 0. The minimum atomic E-state index is 0.138. The molecule has 0 radical (unpaired) electrons. The van der Waals surface area contributed by atoms with Crippen molar-refractivity contribution < 1.29 is 0 Å². The van der Waals surface area contributed by atoms with Crippen LogP contribution in [0.1, 0.15) is 38.4 Å². The van der Waals surface area contributed by atoms with E-state index in [9.17, 15) is 0 Å². The molecule has 4 heteroatoms. The van der Waals surface area contributed by atoms with Crippen molar-refractivity contribution in [1.29, 1.82) is 5.41 Å². The molecule has 2 aromatic carbocycles. The fourth-order valence-corrected chi connectivity index (χ4v) is 2.98. The summed E-state index contributed by atoms with van der Waals surface area (Å²) in [5.74, 6) is 0.181. The third-order valence-electron chi connectivity index (χ3n) is 4.44. The Balaban J connectivity index is 2.05. The highest BCUT2D eigenvalue weighted by Crippen LogP contribution is 2.30. The quantitative estimate of drug-likeness (QED) is 0.547. The molecule has 0 saturated heterocycles. The average Bonchev–Trinajstić information content (AvgIpc) is 2.58. The SMILES string of the molecule is CC(C)(C)c1ccc(-c2cccc3c(CCC(=N)N)ncnc23)cc1.